The SMILES string of the molecule is CN=C(NCC1(C)COC1)N1CCC(OCC2CCCO2)CC1. The summed E-state index contributed by atoms with van der Waals surface area (Å²) >= 11 is 0. The molecule has 6 nitrogen and oxygen atoms in total. The Morgan fingerprint density at radius 1 is 1.30 bits per heavy atom. The lowest BCUT2D eigenvalue weighted by Gasteiger charge is -2.40. The van der Waals surface area contributed by atoms with Gasteiger partial charge in [0.15, 0.2) is 5.96 Å². The first-order valence-electron chi connectivity index (χ1n) is 8.95. The van der Waals surface area contributed by atoms with Gasteiger partial charge in [0.05, 0.1) is 32.0 Å². The third-order valence-electron chi connectivity index (χ3n) is 5.07. The van der Waals surface area contributed by atoms with E-state index < -0.39 is 0 Å². The van der Waals surface area contributed by atoms with Crippen LogP contribution in [0.3, 0.4) is 0 Å². The zero-order chi connectivity index (χ0) is 16.1. The van der Waals surface area contributed by atoms with Crippen LogP contribution in [0.5, 0.6) is 0 Å². The molecule has 1 unspecified atom stereocenters. The van der Waals surface area contributed by atoms with Gasteiger partial charge in [0.25, 0.3) is 0 Å². The number of hydrogen-bond acceptors (Lipinski definition) is 4. The Morgan fingerprint density at radius 2 is 2.09 bits per heavy atom. The number of piperidine rings is 1. The van der Waals surface area contributed by atoms with Gasteiger partial charge in [-0.15, -0.1) is 0 Å². The number of nitrogens with one attached hydrogen (secondary N) is 1. The molecule has 0 amide bonds. The third kappa shape index (κ3) is 4.58. The summed E-state index contributed by atoms with van der Waals surface area (Å²) in [4.78, 5) is 6.78. The van der Waals surface area contributed by atoms with E-state index in [4.69, 9.17) is 14.2 Å². The van der Waals surface area contributed by atoms with E-state index in [0.29, 0.717) is 12.2 Å². The van der Waals surface area contributed by atoms with Gasteiger partial charge in [0.1, 0.15) is 0 Å². The van der Waals surface area contributed by atoms with E-state index in [1.54, 1.807) is 0 Å². The molecule has 3 heterocycles. The number of aliphatic imine (C=N–C) groups is 1. The molecule has 3 fully saturated rings. The molecule has 0 aromatic rings. The van der Waals surface area contributed by atoms with Crippen LogP contribution in [0.15, 0.2) is 4.99 Å². The van der Waals surface area contributed by atoms with Gasteiger partial charge in [-0.2, -0.15) is 0 Å². The maximum atomic E-state index is 6.04. The Hall–Kier alpha value is -0.850. The van der Waals surface area contributed by atoms with Crippen LogP contribution in [0.1, 0.15) is 32.6 Å². The average Bonchev–Trinajstić information content (AvgIpc) is 3.06. The fourth-order valence-corrected chi connectivity index (χ4v) is 3.43. The largest absolute Gasteiger partial charge is 0.380 e. The number of ether oxygens (including phenoxy) is 3. The topological polar surface area (TPSA) is 55.3 Å². The van der Waals surface area contributed by atoms with Crippen LogP contribution >= 0.6 is 0 Å². The fraction of sp³-hybridized carbons (Fsp3) is 0.941. The summed E-state index contributed by atoms with van der Waals surface area (Å²) in [7, 11) is 1.86. The molecule has 132 valence electrons. The van der Waals surface area contributed by atoms with Crippen molar-refractivity contribution in [2.24, 2.45) is 10.4 Å². The molecule has 0 aliphatic carbocycles. The van der Waals surface area contributed by atoms with Gasteiger partial charge in [-0.25, -0.2) is 0 Å². The molecule has 23 heavy (non-hydrogen) atoms. The van der Waals surface area contributed by atoms with Crippen LogP contribution in [-0.2, 0) is 14.2 Å². The zero-order valence-corrected chi connectivity index (χ0v) is 14.6. The van der Waals surface area contributed by atoms with Crippen molar-refractivity contribution in [2.75, 3.05) is 53.1 Å². The van der Waals surface area contributed by atoms with Crippen molar-refractivity contribution >= 4 is 5.96 Å². The van der Waals surface area contributed by atoms with Gasteiger partial charge in [-0.05, 0) is 25.7 Å². The van der Waals surface area contributed by atoms with Gasteiger partial charge < -0.3 is 24.4 Å². The Kier molecular flexibility index (Phi) is 5.77. The Morgan fingerprint density at radius 3 is 2.65 bits per heavy atom. The number of hydrogen-bond donors (Lipinski definition) is 1. The van der Waals surface area contributed by atoms with Crippen molar-refractivity contribution in [1.82, 2.24) is 10.2 Å². The van der Waals surface area contributed by atoms with Crippen LogP contribution < -0.4 is 5.32 Å². The molecule has 0 radical (unpaired) electrons. The van der Waals surface area contributed by atoms with Crippen molar-refractivity contribution in [1.29, 1.82) is 0 Å². The Bertz CT molecular complexity index is 398. The molecule has 6 heteroatoms. The molecule has 0 spiro atoms. The maximum Gasteiger partial charge on any atom is 0.193 e. The first kappa shape index (κ1) is 17.0. The number of rotatable bonds is 5. The number of guanidine groups is 1. The number of nitrogens with zero attached hydrogens (tertiary/aromatic N) is 2. The number of likely N-dealkylation sites (tertiary alicyclic amines) is 1. The van der Waals surface area contributed by atoms with E-state index >= 15 is 0 Å². The normalized spacial score (nSPS) is 28.7. The highest BCUT2D eigenvalue weighted by Gasteiger charge is 2.34. The molecule has 3 saturated heterocycles. The monoisotopic (exact) mass is 325 g/mol. The van der Waals surface area contributed by atoms with Crippen molar-refractivity contribution in [3.63, 3.8) is 0 Å². The van der Waals surface area contributed by atoms with Crippen LogP contribution in [0, 0.1) is 5.41 Å². The van der Waals surface area contributed by atoms with Crippen LogP contribution in [0.25, 0.3) is 0 Å². The summed E-state index contributed by atoms with van der Waals surface area (Å²) in [6.45, 7) is 8.53. The van der Waals surface area contributed by atoms with E-state index in [9.17, 15) is 0 Å². The summed E-state index contributed by atoms with van der Waals surface area (Å²) in [6.07, 6.45) is 5.15. The molecule has 3 aliphatic heterocycles. The lowest BCUT2D eigenvalue weighted by molar-refractivity contribution is -0.0973. The molecule has 0 saturated carbocycles. The second-order valence-corrected chi connectivity index (χ2v) is 7.36. The predicted molar refractivity (Wildman–Crippen MR) is 89.8 cm³/mol. The van der Waals surface area contributed by atoms with Crippen LogP contribution in [0.4, 0.5) is 0 Å². The van der Waals surface area contributed by atoms with Crippen molar-refractivity contribution in [3.05, 3.63) is 0 Å². The minimum absolute atomic E-state index is 0.263. The highest BCUT2D eigenvalue weighted by molar-refractivity contribution is 5.80. The van der Waals surface area contributed by atoms with Crippen molar-refractivity contribution in [2.45, 2.75) is 44.8 Å². The summed E-state index contributed by atoms with van der Waals surface area (Å²) in [5.74, 6) is 1.01. The summed E-state index contributed by atoms with van der Waals surface area (Å²) in [5.41, 5.74) is 0.263. The standard InChI is InChI=1S/C17H31N3O3/c1-17(12-21-13-17)11-19-16(18-2)20-7-5-14(6-8-20)23-10-15-4-3-9-22-15/h14-15H,3-13H2,1-2H3,(H,18,19). The molecular formula is C17H31N3O3. The highest BCUT2D eigenvalue weighted by Crippen LogP contribution is 2.25. The van der Waals surface area contributed by atoms with Gasteiger partial charge in [-0.1, -0.05) is 6.92 Å². The zero-order valence-electron chi connectivity index (χ0n) is 14.6. The second kappa shape index (κ2) is 7.81. The maximum absolute atomic E-state index is 6.04. The molecule has 0 aromatic heterocycles. The quantitative estimate of drug-likeness (QED) is 0.609. The molecule has 0 bridgehead atoms. The second-order valence-electron chi connectivity index (χ2n) is 7.36. The molecular weight excluding hydrogens is 294 g/mol. The van der Waals surface area contributed by atoms with Crippen molar-refractivity contribution in [3.8, 4) is 0 Å². The fourth-order valence-electron chi connectivity index (χ4n) is 3.43. The summed E-state index contributed by atoms with van der Waals surface area (Å²) in [6, 6.07) is 0. The van der Waals surface area contributed by atoms with Gasteiger partial charge in [0, 0.05) is 38.7 Å². The molecule has 1 N–H and O–H groups in total. The third-order valence-corrected chi connectivity index (χ3v) is 5.07. The van der Waals surface area contributed by atoms with E-state index in [1.807, 2.05) is 7.05 Å². The Labute approximate surface area is 139 Å². The first-order chi connectivity index (χ1) is 11.2. The van der Waals surface area contributed by atoms with Gasteiger partial charge in [0.2, 0.25) is 0 Å². The lowest BCUT2D eigenvalue weighted by Crippen LogP contribution is -2.53. The first-order valence-corrected chi connectivity index (χ1v) is 8.95. The lowest BCUT2D eigenvalue weighted by atomic mass is 9.89. The average molecular weight is 325 g/mol. The molecule has 3 rings (SSSR count). The van der Waals surface area contributed by atoms with E-state index in [1.165, 1.54) is 6.42 Å². The smallest absolute Gasteiger partial charge is 0.193 e. The van der Waals surface area contributed by atoms with Crippen LogP contribution in [-0.4, -0.2) is 76.2 Å². The minimum atomic E-state index is 0.263. The summed E-state index contributed by atoms with van der Waals surface area (Å²) < 4.78 is 17.0. The van der Waals surface area contributed by atoms with Crippen LogP contribution in [0.2, 0.25) is 0 Å². The van der Waals surface area contributed by atoms with Crippen molar-refractivity contribution < 1.29 is 14.2 Å². The highest BCUT2D eigenvalue weighted by atomic mass is 16.5. The van der Waals surface area contributed by atoms with E-state index in [2.05, 4.69) is 22.1 Å². The Balaban J connectivity index is 1.36. The summed E-state index contributed by atoms with van der Waals surface area (Å²) in [5, 5.41) is 3.51. The van der Waals surface area contributed by atoms with E-state index in [-0.39, 0.29) is 5.41 Å². The molecule has 1 atom stereocenters. The predicted octanol–water partition coefficient (Wildman–Crippen LogP) is 1.26. The minimum Gasteiger partial charge on any atom is -0.380 e. The van der Waals surface area contributed by atoms with Gasteiger partial charge in [-0.3, -0.25) is 4.99 Å². The van der Waals surface area contributed by atoms with E-state index in [0.717, 1.165) is 71.3 Å². The molecule has 0 aromatic carbocycles. The van der Waals surface area contributed by atoms with Gasteiger partial charge >= 0.3 is 0 Å². The molecule has 3 aliphatic rings.